The van der Waals surface area contributed by atoms with Crippen LogP contribution in [0.5, 0.6) is 0 Å². The average Bonchev–Trinajstić information content (AvgIpc) is 3.33. The summed E-state index contributed by atoms with van der Waals surface area (Å²) in [6.45, 7) is 2.69. The van der Waals surface area contributed by atoms with Gasteiger partial charge in [-0.1, -0.05) is 25.0 Å². The van der Waals surface area contributed by atoms with Crippen LogP contribution in [-0.2, 0) is 11.2 Å². The molecule has 0 unspecified atom stereocenters. The van der Waals surface area contributed by atoms with Crippen LogP contribution < -0.4 is 10.6 Å². The highest BCUT2D eigenvalue weighted by atomic mass is 16.5. The Morgan fingerprint density at radius 1 is 1.26 bits per heavy atom. The number of hydrogen-bond donors (Lipinski definition) is 3. The van der Waals surface area contributed by atoms with Crippen molar-refractivity contribution in [1.29, 1.82) is 0 Å². The first-order valence-corrected chi connectivity index (χ1v) is 10.1. The first-order valence-electron chi connectivity index (χ1n) is 10.1. The molecular formula is C21H33N5O. The van der Waals surface area contributed by atoms with Gasteiger partial charge in [0.2, 0.25) is 0 Å². The number of guanidine groups is 1. The minimum atomic E-state index is 0.363. The van der Waals surface area contributed by atoms with E-state index in [1.165, 1.54) is 25.7 Å². The molecule has 27 heavy (non-hydrogen) atoms. The number of imidazole rings is 1. The third kappa shape index (κ3) is 5.45. The number of ether oxygens (including phenoxy) is 1. The normalized spacial score (nSPS) is 16.7. The van der Waals surface area contributed by atoms with E-state index in [1.807, 2.05) is 25.2 Å². The molecule has 3 rings (SSSR count). The van der Waals surface area contributed by atoms with Gasteiger partial charge in [-0.15, -0.1) is 0 Å². The predicted octanol–water partition coefficient (Wildman–Crippen LogP) is 3.26. The van der Waals surface area contributed by atoms with Gasteiger partial charge in [0.05, 0.1) is 11.0 Å². The minimum absolute atomic E-state index is 0.363. The Morgan fingerprint density at radius 3 is 2.81 bits per heavy atom. The summed E-state index contributed by atoms with van der Waals surface area (Å²) in [5, 5.41) is 6.98. The number of aromatic amines is 1. The quantitative estimate of drug-likeness (QED) is 0.359. The Balaban J connectivity index is 1.41. The molecule has 0 atom stereocenters. The number of hydrogen-bond acceptors (Lipinski definition) is 3. The summed E-state index contributed by atoms with van der Waals surface area (Å²) < 4.78 is 5.32. The lowest BCUT2D eigenvalue weighted by Gasteiger charge is -2.29. The summed E-state index contributed by atoms with van der Waals surface area (Å²) >= 11 is 0. The van der Waals surface area contributed by atoms with Crippen molar-refractivity contribution < 1.29 is 4.74 Å². The number of para-hydroxylation sites is 2. The van der Waals surface area contributed by atoms with Crippen molar-refractivity contribution in [1.82, 2.24) is 20.6 Å². The standard InChI is InChI=1S/C21H33N5O/c1-22-20(24-16-21(13-15-27-2)11-5-6-12-21)23-14-7-10-19-25-17-8-3-4-9-18(17)26-19/h3-4,8-9H,5-7,10-16H2,1-2H3,(H,25,26)(H2,22,23,24). The largest absolute Gasteiger partial charge is 0.385 e. The van der Waals surface area contributed by atoms with Crippen LogP contribution in [0.25, 0.3) is 11.0 Å². The van der Waals surface area contributed by atoms with Crippen LogP contribution in [0.15, 0.2) is 29.3 Å². The van der Waals surface area contributed by atoms with E-state index in [0.717, 1.165) is 61.8 Å². The Morgan fingerprint density at radius 2 is 2.07 bits per heavy atom. The number of H-pyrrole nitrogens is 1. The second-order valence-electron chi connectivity index (χ2n) is 7.61. The molecule has 1 fully saturated rings. The van der Waals surface area contributed by atoms with Crippen LogP contribution in [0.1, 0.15) is 44.3 Å². The van der Waals surface area contributed by atoms with Gasteiger partial charge in [0, 0.05) is 40.3 Å². The second-order valence-corrected chi connectivity index (χ2v) is 7.61. The Kier molecular flexibility index (Phi) is 7.10. The zero-order chi connectivity index (χ0) is 19.0. The number of nitrogens with zero attached hydrogens (tertiary/aromatic N) is 2. The Hall–Kier alpha value is -2.08. The van der Waals surface area contributed by atoms with Crippen LogP contribution in [0, 0.1) is 5.41 Å². The van der Waals surface area contributed by atoms with E-state index in [4.69, 9.17) is 4.74 Å². The zero-order valence-corrected chi connectivity index (χ0v) is 16.7. The van der Waals surface area contributed by atoms with Crippen LogP contribution in [0.2, 0.25) is 0 Å². The number of aromatic nitrogens is 2. The molecule has 0 spiro atoms. The maximum absolute atomic E-state index is 5.32. The van der Waals surface area contributed by atoms with Crippen molar-refractivity contribution in [2.45, 2.75) is 44.9 Å². The van der Waals surface area contributed by atoms with Gasteiger partial charge in [-0.2, -0.15) is 0 Å². The fraction of sp³-hybridized carbons (Fsp3) is 0.619. The van der Waals surface area contributed by atoms with Crippen molar-refractivity contribution in [3.63, 3.8) is 0 Å². The molecule has 0 saturated heterocycles. The summed E-state index contributed by atoms with van der Waals surface area (Å²) in [5.41, 5.74) is 2.51. The fourth-order valence-electron chi connectivity index (χ4n) is 4.04. The third-order valence-corrected chi connectivity index (χ3v) is 5.68. The average molecular weight is 372 g/mol. The smallest absolute Gasteiger partial charge is 0.190 e. The number of rotatable bonds is 9. The molecule has 148 valence electrons. The van der Waals surface area contributed by atoms with Gasteiger partial charge in [0.1, 0.15) is 5.82 Å². The summed E-state index contributed by atoms with van der Waals surface area (Å²) in [4.78, 5) is 12.4. The molecule has 0 bridgehead atoms. The first-order chi connectivity index (χ1) is 13.2. The molecule has 0 amide bonds. The molecule has 1 aliphatic carbocycles. The maximum atomic E-state index is 5.32. The molecule has 1 saturated carbocycles. The number of nitrogens with one attached hydrogen (secondary N) is 3. The van der Waals surface area contributed by atoms with Gasteiger partial charge < -0.3 is 20.4 Å². The topological polar surface area (TPSA) is 74.3 Å². The summed E-state index contributed by atoms with van der Waals surface area (Å²) in [6, 6.07) is 8.17. The lowest BCUT2D eigenvalue weighted by molar-refractivity contribution is 0.138. The van der Waals surface area contributed by atoms with Gasteiger partial charge in [0.15, 0.2) is 5.96 Å². The maximum Gasteiger partial charge on any atom is 0.190 e. The molecule has 1 heterocycles. The molecule has 1 aromatic heterocycles. The van der Waals surface area contributed by atoms with E-state index in [0.29, 0.717) is 5.41 Å². The first kappa shape index (κ1) is 19.7. The Labute approximate surface area is 162 Å². The molecule has 1 aromatic carbocycles. The van der Waals surface area contributed by atoms with Crippen LogP contribution in [0.4, 0.5) is 0 Å². The molecule has 6 heteroatoms. The highest BCUT2D eigenvalue weighted by Crippen LogP contribution is 2.40. The molecule has 0 radical (unpaired) electrons. The molecule has 6 nitrogen and oxygen atoms in total. The van der Waals surface area contributed by atoms with E-state index in [1.54, 1.807) is 7.11 Å². The van der Waals surface area contributed by atoms with Gasteiger partial charge in [-0.25, -0.2) is 4.98 Å². The number of fused-ring (bicyclic) bond motifs is 1. The van der Waals surface area contributed by atoms with Gasteiger partial charge in [0.25, 0.3) is 0 Å². The van der Waals surface area contributed by atoms with E-state index in [2.05, 4.69) is 31.7 Å². The highest BCUT2D eigenvalue weighted by molar-refractivity contribution is 5.79. The Bertz CT molecular complexity index is 700. The highest BCUT2D eigenvalue weighted by Gasteiger charge is 2.33. The van der Waals surface area contributed by atoms with Crippen molar-refractivity contribution in [2.24, 2.45) is 10.4 Å². The van der Waals surface area contributed by atoms with Gasteiger partial charge in [-0.05, 0) is 43.2 Å². The third-order valence-electron chi connectivity index (χ3n) is 5.68. The number of aryl methyl sites for hydroxylation is 1. The summed E-state index contributed by atoms with van der Waals surface area (Å²) in [5.74, 6) is 1.94. The number of methoxy groups -OCH3 is 1. The van der Waals surface area contributed by atoms with E-state index in [-0.39, 0.29) is 0 Å². The summed E-state index contributed by atoms with van der Waals surface area (Å²) in [6.07, 6.45) is 8.29. The lowest BCUT2D eigenvalue weighted by atomic mass is 9.83. The second kappa shape index (κ2) is 9.74. The SMILES string of the molecule is CN=C(NCCCc1nc2ccccc2[nH]1)NCC1(CCOC)CCCC1. The van der Waals surface area contributed by atoms with Crippen molar-refractivity contribution in [3.05, 3.63) is 30.1 Å². The van der Waals surface area contributed by atoms with Gasteiger partial charge >= 0.3 is 0 Å². The van der Waals surface area contributed by atoms with E-state index < -0.39 is 0 Å². The fourth-order valence-corrected chi connectivity index (χ4v) is 4.04. The molecule has 3 N–H and O–H groups in total. The lowest BCUT2D eigenvalue weighted by Crippen LogP contribution is -2.43. The molecule has 1 aliphatic rings. The predicted molar refractivity (Wildman–Crippen MR) is 111 cm³/mol. The van der Waals surface area contributed by atoms with E-state index >= 15 is 0 Å². The number of benzene rings is 1. The number of aliphatic imine (C=N–C) groups is 1. The zero-order valence-electron chi connectivity index (χ0n) is 16.7. The van der Waals surface area contributed by atoms with Crippen molar-refractivity contribution in [2.75, 3.05) is 33.9 Å². The van der Waals surface area contributed by atoms with Crippen LogP contribution in [-0.4, -0.2) is 49.8 Å². The van der Waals surface area contributed by atoms with Gasteiger partial charge in [-0.3, -0.25) is 4.99 Å². The monoisotopic (exact) mass is 371 g/mol. The molecule has 2 aromatic rings. The van der Waals surface area contributed by atoms with Crippen LogP contribution >= 0.6 is 0 Å². The van der Waals surface area contributed by atoms with Crippen molar-refractivity contribution >= 4 is 17.0 Å². The summed E-state index contributed by atoms with van der Waals surface area (Å²) in [7, 11) is 3.63. The minimum Gasteiger partial charge on any atom is -0.385 e. The van der Waals surface area contributed by atoms with Crippen LogP contribution in [0.3, 0.4) is 0 Å². The molecular weight excluding hydrogens is 338 g/mol. The molecule has 0 aliphatic heterocycles. The van der Waals surface area contributed by atoms with Crippen molar-refractivity contribution in [3.8, 4) is 0 Å². The van der Waals surface area contributed by atoms with E-state index in [9.17, 15) is 0 Å².